The molecular formula is C20H24N2O3. The van der Waals surface area contributed by atoms with Crippen LogP contribution in [0.4, 0.5) is 0 Å². The number of ether oxygens (including phenoxy) is 2. The standard InChI is InChI=1S/C20H24N2O3/c1-2-13-7-8-17-20(24-9-10-25-20)19-15(11-18(23)22(17)12-13)14-5-3-4-6-16(14)21-19/h3-6,13,17,21H,2,7-12H2,1H3/t13-,17-/m1/s1. The smallest absolute Gasteiger partial charge is 0.231 e. The molecule has 2 saturated heterocycles. The third-order valence-electron chi connectivity index (χ3n) is 6.22. The number of amides is 1. The maximum Gasteiger partial charge on any atom is 0.231 e. The van der Waals surface area contributed by atoms with Crippen molar-refractivity contribution in [1.29, 1.82) is 0 Å². The molecule has 2 atom stereocenters. The number of piperidine rings is 1. The topological polar surface area (TPSA) is 54.6 Å². The molecule has 0 saturated carbocycles. The molecule has 1 amide bonds. The highest BCUT2D eigenvalue weighted by Crippen LogP contribution is 2.46. The van der Waals surface area contributed by atoms with Crippen molar-refractivity contribution in [2.75, 3.05) is 19.8 Å². The van der Waals surface area contributed by atoms with E-state index in [-0.39, 0.29) is 11.9 Å². The molecule has 132 valence electrons. The Bertz CT molecular complexity index is 821. The van der Waals surface area contributed by atoms with Crippen LogP contribution < -0.4 is 0 Å². The number of hydrogen-bond donors (Lipinski definition) is 1. The molecule has 5 nitrogen and oxygen atoms in total. The second-order valence-corrected chi connectivity index (χ2v) is 7.48. The first-order valence-electron chi connectivity index (χ1n) is 9.40. The fourth-order valence-corrected chi connectivity index (χ4v) is 4.92. The van der Waals surface area contributed by atoms with Crippen LogP contribution in [-0.4, -0.2) is 41.6 Å². The number of rotatable bonds is 1. The Kier molecular flexibility index (Phi) is 3.44. The van der Waals surface area contributed by atoms with Crippen molar-refractivity contribution in [2.45, 2.75) is 44.4 Å². The van der Waals surface area contributed by atoms with Crippen molar-refractivity contribution in [3.05, 3.63) is 35.5 Å². The number of nitrogens with zero attached hydrogens (tertiary/aromatic N) is 1. The number of hydrogen-bond acceptors (Lipinski definition) is 3. The van der Waals surface area contributed by atoms with E-state index in [9.17, 15) is 4.79 Å². The highest BCUT2D eigenvalue weighted by molar-refractivity contribution is 5.91. The third kappa shape index (κ3) is 2.12. The predicted molar refractivity (Wildman–Crippen MR) is 94.1 cm³/mol. The normalized spacial score (nSPS) is 28.2. The first kappa shape index (κ1) is 15.4. The summed E-state index contributed by atoms with van der Waals surface area (Å²) in [6.07, 6.45) is 3.58. The van der Waals surface area contributed by atoms with Gasteiger partial charge in [0, 0.05) is 17.4 Å². The zero-order valence-electron chi connectivity index (χ0n) is 14.6. The average molecular weight is 340 g/mol. The summed E-state index contributed by atoms with van der Waals surface area (Å²) in [6.45, 7) is 4.17. The second-order valence-electron chi connectivity index (χ2n) is 7.48. The van der Waals surface area contributed by atoms with Gasteiger partial charge >= 0.3 is 0 Å². The van der Waals surface area contributed by atoms with Gasteiger partial charge in [-0.25, -0.2) is 0 Å². The van der Waals surface area contributed by atoms with E-state index in [2.05, 4.69) is 24.0 Å². The van der Waals surface area contributed by atoms with Crippen LogP contribution >= 0.6 is 0 Å². The number of benzene rings is 1. The second kappa shape index (κ2) is 5.58. The van der Waals surface area contributed by atoms with Crippen molar-refractivity contribution >= 4 is 16.8 Å². The van der Waals surface area contributed by atoms with Crippen LogP contribution in [0, 0.1) is 5.92 Å². The van der Waals surface area contributed by atoms with Gasteiger partial charge in [-0.3, -0.25) is 4.79 Å². The lowest BCUT2D eigenvalue weighted by atomic mass is 9.86. The minimum atomic E-state index is -0.834. The van der Waals surface area contributed by atoms with E-state index in [0.29, 0.717) is 25.6 Å². The number of H-pyrrole nitrogens is 1. The summed E-state index contributed by atoms with van der Waals surface area (Å²) < 4.78 is 12.5. The zero-order chi connectivity index (χ0) is 17.0. The lowest BCUT2D eigenvalue weighted by Crippen LogP contribution is -2.56. The van der Waals surface area contributed by atoms with E-state index < -0.39 is 5.79 Å². The lowest BCUT2D eigenvalue weighted by Gasteiger charge is -2.45. The van der Waals surface area contributed by atoms with Gasteiger partial charge in [0.2, 0.25) is 11.7 Å². The molecule has 1 aromatic carbocycles. The molecule has 3 aliphatic heterocycles. The number of para-hydroxylation sites is 1. The van der Waals surface area contributed by atoms with E-state index in [1.165, 1.54) is 0 Å². The van der Waals surface area contributed by atoms with Crippen LogP contribution in [0.5, 0.6) is 0 Å². The van der Waals surface area contributed by atoms with Gasteiger partial charge in [-0.1, -0.05) is 31.5 Å². The van der Waals surface area contributed by atoms with Crippen LogP contribution in [0.1, 0.15) is 37.4 Å². The number of fused-ring (bicyclic) bond motifs is 6. The van der Waals surface area contributed by atoms with E-state index in [4.69, 9.17) is 9.47 Å². The molecule has 3 aliphatic rings. The van der Waals surface area contributed by atoms with Crippen molar-refractivity contribution in [2.24, 2.45) is 5.92 Å². The summed E-state index contributed by atoms with van der Waals surface area (Å²) >= 11 is 0. The first-order chi connectivity index (χ1) is 12.2. The van der Waals surface area contributed by atoms with Gasteiger partial charge in [0.05, 0.1) is 31.4 Å². The predicted octanol–water partition coefficient (Wildman–Crippen LogP) is 2.94. The Balaban J connectivity index is 1.70. The average Bonchev–Trinajstić information content (AvgIpc) is 3.25. The Morgan fingerprint density at radius 1 is 1.24 bits per heavy atom. The Morgan fingerprint density at radius 2 is 2.04 bits per heavy atom. The number of carbonyl (C=O) groups excluding carboxylic acids is 1. The maximum atomic E-state index is 13.2. The molecule has 0 aliphatic carbocycles. The summed E-state index contributed by atoms with van der Waals surface area (Å²) in [6, 6.07) is 8.14. The quantitative estimate of drug-likeness (QED) is 0.868. The van der Waals surface area contributed by atoms with E-state index in [1.54, 1.807) is 0 Å². The van der Waals surface area contributed by atoms with E-state index >= 15 is 0 Å². The minimum absolute atomic E-state index is 0.0420. The van der Waals surface area contributed by atoms with Crippen LogP contribution in [0.25, 0.3) is 10.9 Å². The van der Waals surface area contributed by atoms with Gasteiger partial charge < -0.3 is 19.4 Å². The SMILES string of the molecule is CC[C@@H]1CC[C@H]2N(C1)C(=O)Cc1c([nH]c3ccccc13)C21OCCO1. The molecule has 1 N–H and O–H groups in total. The highest BCUT2D eigenvalue weighted by Gasteiger charge is 2.55. The molecule has 0 unspecified atom stereocenters. The molecule has 5 rings (SSSR count). The fraction of sp³-hybridized carbons (Fsp3) is 0.550. The van der Waals surface area contributed by atoms with Gasteiger partial charge in [-0.05, 0) is 30.4 Å². The molecule has 1 spiro atoms. The molecule has 4 heterocycles. The van der Waals surface area contributed by atoms with Crippen LogP contribution in [0.15, 0.2) is 24.3 Å². The van der Waals surface area contributed by atoms with Gasteiger partial charge in [-0.15, -0.1) is 0 Å². The third-order valence-corrected chi connectivity index (χ3v) is 6.22. The van der Waals surface area contributed by atoms with Crippen molar-refractivity contribution < 1.29 is 14.3 Å². The number of carbonyl (C=O) groups is 1. The molecule has 2 fully saturated rings. The summed E-state index contributed by atoms with van der Waals surface area (Å²) in [5.41, 5.74) is 3.06. The maximum absolute atomic E-state index is 13.2. The zero-order valence-corrected chi connectivity index (χ0v) is 14.6. The minimum Gasteiger partial charge on any atom is -0.354 e. The van der Waals surface area contributed by atoms with Crippen molar-refractivity contribution in [3.8, 4) is 0 Å². The monoisotopic (exact) mass is 340 g/mol. The lowest BCUT2D eigenvalue weighted by molar-refractivity contribution is -0.221. The molecule has 25 heavy (non-hydrogen) atoms. The Hall–Kier alpha value is -1.85. The summed E-state index contributed by atoms with van der Waals surface area (Å²) in [5, 5.41) is 1.11. The van der Waals surface area contributed by atoms with E-state index in [1.807, 2.05) is 17.0 Å². The Morgan fingerprint density at radius 3 is 2.84 bits per heavy atom. The molecule has 0 bridgehead atoms. The largest absolute Gasteiger partial charge is 0.354 e. The van der Waals surface area contributed by atoms with Crippen LogP contribution in [0.2, 0.25) is 0 Å². The summed E-state index contributed by atoms with van der Waals surface area (Å²) in [7, 11) is 0. The highest BCUT2D eigenvalue weighted by atomic mass is 16.7. The van der Waals surface area contributed by atoms with Gasteiger partial charge in [-0.2, -0.15) is 0 Å². The van der Waals surface area contributed by atoms with Gasteiger partial charge in [0.25, 0.3) is 0 Å². The molecule has 5 heteroatoms. The van der Waals surface area contributed by atoms with E-state index in [0.717, 1.165) is 48.0 Å². The molecule has 0 radical (unpaired) electrons. The van der Waals surface area contributed by atoms with Crippen molar-refractivity contribution in [1.82, 2.24) is 9.88 Å². The molecule has 2 aromatic rings. The number of nitrogens with one attached hydrogen (secondary N) is 1. The van der Waals surface area contributed by atoms with Crippen molar-refractivity contribution in [3.63, 3.8) is 0 Å². The number of aromatic amines is 1. The molecular weight excluding hydrogens is 316 g/mol. The van der Waals surface area contributed by atoms with Crippen LogP contribution in [-0.2, 0) is 26.5 Å². The Labute approximate surface area is 147 Å². The fourth-order valence-electron chi connectivity index (χ4n) is 4.92. The van der Waals surface area contributed by atoms with Crippen LogP contribution in [0.3, 0.4) is 0 Å². The first-order valence-corrected chi connectivity index (χ1v) is 9.40. The summed E-state index contributed by atoms with van der Waals surface area (Å²) in [4.78, 5) is 18.7. The van der Waals surface area contributed by atoms with Gasteiger partial charge in [0.15, 0.2) is 0 Å². The molecule has 1 aromatic heterocycles. The van der Waals surface area contributed by atoms with Gasteiger partial charge in [0.1, 0.15) is 0 Å². The summed E-state index contributed by atoms with van der Waals surface area (Å²) in [5.74, 6) is -0.0591. The number of aromatic nitrogens is 1.